The SMILES string of the molecule is BrCc1ccc(CBr)c2cc3c(CBr)ccc(CBr)c3cc12. The number of fused-ring (bicyclic) bond motifs is 2. The van der Waals surface area contributed by atoms with E-state index in [0.29, 0.717) is 0 Å². The van der Waals surface area contributed by atoms with Crippen LogP contribution in [0.2, 0.25) is 0 Å². The average Bonchev–Trinajstić information content (AvgIpc) is 2.58. The molecule has 0 aromatic heterocycles. The van der Waals surface area contributed by atoms with E-state index in [1.54, 1.807) is 0 Å². The number of benzene rings is 3. The summed E-state index contributed by atoms with van der Waals surface area (Å²) in [5.41, 5.74) is 5.36. The van der Waals surface area contributed by atoms with Crippen LogP contribution in [0.25, 0.3) is 21.5 Å². The summed E-state index contributed by atoms with van der Waals surface area (Å²) >= 11 is 14.5. The second kappa shape index (κ2) is 7.33. The molecular weight excluding hydrogens is 536 g/mol. The Morgan fingerprint density at radius 3 is 0.864 bits per heavy atom. The van der Waals surface area contributed by atoms with Gasteiger partial charge in [-0.3, -0.25) is 0 Å². The average molecular weight is 550 g/mol. The third kappa shape index (κ3) is 2.92. The lowest BCUT2D eigenvalue weighted by Crippen LogP contribution is -1.92. The highest BCUT2D eigenvalue weighted by Gasteiger charge is 2.11. The fourth-order valence-corrected chi connectivity index (χ4v) is 4.85. The minimum absolute atomic E-state index is 0.874. The molecule has 0 bridgehead atoms. The number of halogens is 4. The van der Waals surface area contributed by atoms with Crippen molar-refractivity contribution >= 4 is 85.3 Å². The molecule has 4 heteroatoms. The molecule has 0 nitrogen and oxygen atoms in total. The number of hydrogen-bond donors (Lipinski definition) is 0. The predicted molar refractivity (Wildman–Crippen MR) is 112 cm³/mol. The fourth-order valence-electron chi connectivity index (χ4n) is 2.89. The van der Waals surface area contributed by atoms with E-state index >= 15 is 0 Å². The Kier molecular flexibility index (Phi) is 5.65. The molecular formula is C18H14Br4. The first-order valence-electron chi connectivity index (χ1n) is 6.96. The quantitative estimate of drug-likeness (QED) is 0.233. The highest BCUT2D eigenvalue weighted by molar-refractivity contribution is 9.09. The van der Waals surface area contributed by atoms with Crippen molar-refractivity contribution < 1.29 is 0 Å². The van der Waals surface area contributed by atoms with Crippen molar-refractivity contribution in [3.63, 3.8) is 0 Å². The lowest BCUT2D eigenvalue weighted by Gasteiger charge is -2.14. The molecule has 0 atom stereocenters. The van der Waals surface area contributed by atoms with Gasteiger partial charge in [0.05, 0.1) is 0 Å². The van der Waals surface area contributed by atoms with Crippen LogP contribution in [0.1, 0.15) is 22.3 Å². The van der Waals surface area contributed by atoms with Gasteiger partial charge in [-0.1, -0.05) is 88.0 Å². The topological polar surface area (TPSA) is 0 Å². The van der Waals surface area contributed by atoms with Crippen LogP contribution in [0.4, 0.5) is 0 Å². The lowest BCUT2D eigenvalue weighted by atomic mass is 9.93. The van der Waals surface area contributed by atoms with Gasteiger partial charge in [0.1, 0.15) is 0 Å². The van der Waals surface area contributed by atoms with E-state index in [4.69, 9.17) is 0 Å². The Morgan fingerprint density at radius 2 is 0.682 bits per heavy atom. The minimum Gasteiger partial charge on any atom is -0.0876 e. The van der Waals surface area contributed by atoms with Crippen LogP contribution in [0, 0.1) is 0 Å². The number of hydrogen-bond acceptors (Lipinski definition) is 0. The summed E-state index contributed by atoms with van der Waals surface area (Å²) in [7, 11) is 0. The van der Waals surface area contributed by atoms with Gasteiger partial charge < -0.3 is 0 Å². The van der Waals surface area contributed by atoms with Crippen LogP contribution in [0.3, 0.4) is 0 Å². The van der Waals surface area contributed by atoms with Crippen molar-refractivity contribution in [2.45, 2.75) is 21.3 Å². The third-order valence-corrected chi connectivity index (χ3v) is 6.51. The van der Waals surface area contributed by atoms with Crippen molar-refractivity contribution in [1.29, 1.82) is 0 Å². The molecule has 0 saturated carbocycles. The van der Waals surface area contributed by atoms with Gasteiger partial charge >= 0.3 is 0 Å². The molecule has 114 valence electrons. The first-order chi connectivity index (χ1) is 10.7. The fraction of sp³-hybridized carbons (Fsp3) is 0.222. The molecule has 3 rings (SSSR count). The summed E-state index contributed by atoms with van der Waals surface area (Å²) in [5.74, 6) is 0. The van der Waals surface area contributed by atoms with Gasteiger partial charge in [0, 0.05) is 21.3 Å². The Bertz CT molecular complexity index is 702. The van der Waals surface area contributed by atoms with Gasteiger partial charge in [0.15, 0.2) is 0 Å². The summed E-state index contributed by atoms with van der Waals surface area (Å²) in [6, 6.07) is 13.6. The Morgan fingerprint density at radius 1 is 0.455 bits per heavy atom. The van der Waals surface area contributed by atoms with Crippen molar-refractivity contribution in [3.05, 3.63) is 58.7 Å². The van der Waals surface area contributed by atoms with Crippen LogP contribution >= 0.6 is 63.7 Å². The second-order valence-electron chi connectivity index (χ2n) is 5.25. The molecule has 22 heavy (non-hydrogen) atoms. The van der Waals surface area contributed by atoms with Gasteiger partial charge in [-0.05, 0) is 55.9 Å². The van der Waals surface area contributed by atoms with E-state index in [0.717, 1.165) is 21.3 Å². The molecule has 0 spiro atoms. The van der Waals surface area contributed by atoms with Gasteiger partial charge in [-0.25, -0.2) is 0 Å². The molecule has 0 aliphatic rings. The Labute approximate surface area is 164 Å². The number of alkyl halides is 4. The molecule has 0 unspecified atom stereocenters. The van der Waals surface area contributed by atoms with E-state index in [1.165, 1.54) is 43.8 Å². The maximum Gasteiger partial charge on any atom is 0.0289 e. The molecule has 0 amide bonds. The highest BCUT2D eigenvalue weighted by atomic mass is 79.9. The standard InChI is InChI=1S/C18H14Br4/c19-7-11-1-2-12(8-20)16-6-18-14(10-22)4-3-13(9-21)17(18)5-15(11)16/h1-6H,7-10H2. The summed E-state index contributed by atoms with van der Waals surface area (Å²) in [5, 5.41) is 8.87. The normalized spacial score (nSPS) is 11.5. The third-order valence-electron chi connectivity index (χ3n) is 4.09. The molecule has 3 aromatic carbocycles. The molecule has 0 aliphatic carbocycles. The van der Waals surface area contributed by atoms with Crippen molar-refractivity contribution in [3.8, 4) is 0 Å². The Hall–Kier alpha value is 0.1000. The van der Waals surface area contributed by atoms with Crippen LogP contribution in [-0.4, -0.2) is 0 Å². The number of rotatable bonds is 4. The van der Waals surface area contributed by atoms with E-state index in [1.807, 2.05) is 0 Å². The zero-order valence-electron chi connectivity index (χ0n) is 11.8. The van der Waals surface area contributed by atoms with Crippen LogP contribution in [0.15, 0.2) is 36.4 Å². The van der Waals surface area contributed by atoms with Gasteiger partial charge in [0.25, 0.3) is 0 Å². The zero-order chi connectivity index (χ0) is 15.7. The molecule has 0 fully saturated rings. The summed E-state index contributed by atoms with van der Waals surface area (Å²) < 4.78 is 0. The predicted octanol–water partition coefficient (Wildman–Crippen LogP) is 7.57. The first-order valence-corrected chi connectivity index (χ1v) is 11.4. The lowest BCUT2D eigenvalue weighted by molar-refractivity contribution is 1.41. The molecule has 0 N–H and O–H groups in total. The largest absolute Gasteiger partial charge is 0.0876 e. The van der Waals surface area contributed by atoms with Crippen molar-refractivity contribution in [2.75, 3.05) is 0 Å². The minimum atomic E-state index is 0.874. The Balaban J connectivity index is 2.49. The molecule has 0 saturated heterocycles. The van der Waals surface area contributed by atoms with Gasteiger partial charge in [-0.15, -0.1) is 0 Å². The monoisotopic (exact) mass is 546 g/mol. The summed E-state index contributed by atoms with van der Waals surface area (Å²) in [6.07, 6.45) is 0. The van der Waals surface area contributed by atoms with Crippen molar-refractivity contribution in [1.82, 2.24) is 0 Å². The van der Waals surface area contributed by atoms with E-state index in [9.17, 15) is 0 Å². The van der Waals surface area contributed by atoms with E-state index < -0.39 is 0 Å². The van der Waals surface area contributed by atoms with Gasteiger partial charge in [-0.2, -0.15) is 0 Å². The van der Waals surface area contributed by atoms with Gasteiger partial charge in [0.2, 0.25) is 0 Å². The van der Waals surface area contributed by atoms with E-state index in [-0.39, 0.29) is 0 Å². The summed E-state index contributed by atoms with van der Waals surface area (Å²) in [4.78, 5) is 0. The van der Waals surface area contributed by atoms with Crippen LogP contribution in [-0.2, 0) is 21.3 Å². The summed E-state index contributed by atoms with van der Waals surface area (Å²) in [6.45, 7) is 0. The smallest absolute Gasteiger partial charge is 0.0289 e. The highest BCUT2D eigenvalue weighted by Crippen LogP contribution is 2.34. The van der Waals surface area contributed by atoms with E-state index in [2.05, 4.69) is 100 Å². The van der Waals surface area contributed by atoms with Crippen LogP contribution < -0.4 is 0 Å². The van der Waals surface area contributed by atoms with Crippen LogP contribution in [0.5, 0.6) is 0 Å². The first kappa shape index (κ1) is 16.9. The second-order valence-corrected chi connectivity index (χ2v) is 7.49. The van der Waals surface area contributed by atoms with Crippen molar-refractivity contribution in [2.24, 2.45) is 0 Å². The maximum absolute atomic E-state index is 3.62. The zero-order valence-corrected chi connectivity index (χ0v) is 18.1. The maximum atomic E-state index is 3.62. The molecule has 0 aliphatic heterocycles. The molecule has 0 radical (unpaired) electrons. The molecule has 0 heterocycles. The molecule has 3 aromatic rings.